The van der Waals surface area contributed by atoms with Crippen molar-refractivity contribution in [3.8, 4) is 11.3 Å². The van der Waals surface area contributed by atoms with Gasteiger partial charge in [-0.25, -0.2) is 4.98 Å². The van der Waals surface area contributed by atoms with Gasteiger partial charge in [0.05, 0.1) is 23.0 Å². The summed E-state index contributed by atoms with van der Waals surface area (Å²) in [6.45, 7) is 4.80. The number of aromatic nitrogens is 1. The largest absolute Gasteiger partial charge is 0.481 e. The molecule has 1 atom stereocenters. The molecule has 1 saturated heterocycles. The first-order chi connectivity index (χ1) is 11.4. The van der Waals surface area contributed by atoms with E-state index in [9.17, 15) is 9.59 Å². The van der Waals surface area contributed by atoms with Crippen LogP contribution in [0.25, 0.3) is 11.3 Å². The van der Waals surface area contributed by atoms with Gasteiger partial charge in [0.15, 0.2) is 0 Å². The van der Waals surface area contributed by atoms with E-state index < -0.39 is 11.9 Å². The minimum atomic E-state index is -0.820. The molecule has 126 valence electrons. The van der Waals surface area contributed by atoms with Crippen molar-refractivity contribution in [1.29, 1.82) is 0 Å². The lowest BCUT2D eigenvalue weighted by atomic mass is 10.1. The fourth-order valence-electron chi connectivity index (χ4n) is 2.96. The maximum Gasteiger partial charge on any atom is 0.308 e. The average molecular weight is 344 g/mol. The molecule has 0 saturated carbocycles. The highest BCUT2D eigenvalue weighted by atomic mass is 32.1. The number of hydrogen-bond donors (Lipinski definition) is 1. The zero-order chi connectivity index (χ0) is 17.3. The van der Waals surface area contributed by atoms with Gasteiger partial charge in [-0.1, -0.05) is 29.8 Å². The molecule has 24 heavy (non-hydrogen) atoms. The molecule has 1 aromatic heterocycles. The van der Waals surface area contributed by atoms with Crippen molar-refractivity contribution in [2.24, 2.45) is 5.92 Å². The number of benzene rings is 1. The molecule has 6 heteroatoms. The molecule has 2 aromatic rings. The number of likely N-dealkylation sites (tertiary alicyclic amines) is 1. The van der Waals surface area contributed by atoms with E-state index in [2.05, 4.69) is 4.98 Å². The number of nitrogens with zero attached hydrogens (tertiary/aromatic N) is 2. The Hall–Kier alpha value is -2.21. The van der Waals surface area contributed by atoms with Crippen molar-refractivity contribution in [3.63, 3.8) is 0 Å². The summed E-state index contributed by atoms with van der Waals surface area (Å²) in [6.07, 6.45) is 0.814. The molecular formula is C18H20N2O3S. The molecule has 1 aliphatic rings. The van der Waals surface area contributed by atoms with E-state index in [0.29, 0.717) is 19.5 Å². The van der Waals surface area contributed by atoms with Crippen LogP contribution in [0.15, 0.2) is 24.3 Å². The quantitative estimate of drug-likeness (QED) is 0.926. The zero-order valence-corrected chi connectivity index (χ0v) is 14.6. The Morgan fingerprint density at radius 2 is 2.00 bits per heavy atom. The van der Waals surface area contributed by atoms with Gasteiger partial charge in [-0.05, 0) is 20.3 Å². The second kappa shape index (κ2) is 6.73. The number of aliphatic carboxylic acids is 1. The summed E-state index contributed by atoms with van der Waals surface area (Å²) in [7, 11) is 0. The van der Waals surface area contributed by atoms with E-state index in [0.717, 1.165) is 21.1 Å². The maximum atomic E-state index is 12.5. The fraction of sp³-hybridized carbons (Fsp3) is 0.389. The van der Waals surface area contributed by atoms with Crippen LogP contribution in [0.5, 0.6) is 0 Å². The van der Waals surface area contributed by atoms with Crippen LogP contribution >= 0.6 is 11.3 Å². The van der Waals surface area contributed by atoms with E-state index in [1.807, 2.05) is 38.1 Å². The number of carbonyl (C=O) groups is 2. The van der Waals surface area contributed by atoms with Crippen molar-refractivity contribution in [1.82, 2.24) is 9.88 Å². The van der Waals surface area contributed by atoms with Crippen molar-refractivity contribution in [2.75, 3.05) is 13.1 Å². The van der Waals surface area contributed by atoms with Gasteiger partial charge in [0.1, 0.15) is 0 Å². The van der Waals surface area contributed by atoms with E-state index in [1.54, 1.807) is 4.90 Å². The Morgan fingerprint density at radius 1 is 1.29 bits per heavy atom. The van der Waals surface area contributed by atoms with Crippen LogP contribution in [0, 0.1) is 19.8 Å². The molecule has 0 bridgehead atoms. The number of rotatable bonds is 4. The average Bonchev–Trinajstić information content (AvgIpc) is 3.15. The molecule has 1 aromatic carbocycles. The number of amides is 1. The smallest absolute Gasteiger partial charge is 0.308 e. The van der Waals surface area contributed by atoms with Gasteiger partial charge >= 0.3 is 5.97 Å². The molecule has 0 spiro atoms. The maximum absolute atomic E-state index is 12.5. The van der Waals surface area contributed by atoms with E-state index in [1.165, 1.54) is 16.9 Å². The van der Waals surface area contributed by atoms with Gasteiger partial charge in [-0.15, -0.1) is 11.3 Å². The Kier molecular flexibility index (Phi) is 4.66. The predicted molar refractivity (Wildman–Crippen MR) is 93.1 cm³/mol. The molecule has 0 aliphatic carbocycles. The lowest BCUT2D eigenvalue weighted by molar-refractivity contribution is -0.141. The molecule has 3 rings (SSSR count). The van der Waals surface area contributed by atoms with Crippen LogP contribution in [0.2, 0.25) is 0 Å². The van der Waals surface area contributed by atoms with Gasteiger partial charge in [0.2, 0.25) is 5.91 Å². The summed E-state index contributed by atoms with van der Waals surface area (Å²) in [4.78, 5) is 30.8. The second-order valence-electron chi connectivity index (χ2n) is 6.21. The normalized spacial score (nSPS) is 17.2. The van der Waals surface area contributed by atoms with Crippen LogP contribution in [0.4, 0.5) is 0 Å². The summed E-state index contributed by atoms with van der Waals surface area (Å²) in [6, 6.07) is 8.11. The topological polar surface area (TPSA) is 70.5 Å². The van der Waals surface area contributed by atoms with Crippen LogP contribution in [0.1, 0.15) is 21.9 Å². The highest BCUT2D eigenvalue weighted by Gasteiger charge is 2.31. The first-order valence-corrected chi connectivity index (χ1v) is 8.79. The molecule has 1 N–H and O–H groups in total. The van der Waals surface area contributed by atoms with Crippen molar-refractivity contribution in [3.05, 3.63) is 39.7 Å². The summed E-state index contributed by atoms with van der Waals surface area (Å²) in [5, 5.41) is 10.0. The third kappa shape index (κ3) is 3.48. The number of carboxylic acids is 1. The van der Waals surface area contributed by atoms with Crippen molar-refractivity contribution < 1.29 is 14.7 Å². The monoisotopic (exact) mass is 344 g/mol. The van der Waals surface area contributed by atoms with E-state index >= 15 is 0 Å². The van der Waals surface area contributed by atoms with Gasteiger partial charge in [0.25, 0.3) is 0 Å². The minimum absolute atomic E-state index is 0.0178. The fourth-order valence-corrected chi connectivity index (χ4v) is 3.91. The van der Waals surface area contributed by atoms with Crippen molar-refractivity contribution >= 4 is 23.2 Å². The second-order valence-corrected chi connectivity index (χ2v) is 7.50. The SMILES string of the molecule is Cc1ccc(-c2nc(C)sc2CC(=O)N2CCC(C(=O)O)C2)cc1. The molecule has 2 heterocycles. The standard InChI is InChI=1S/C18H20N2O3S/c1-11-3-5-13(6-4-11)17-15(24-12(2)19-17)9-16(21)20-8-7-14(10-20)18(22)23/h3-6,14H,7-10H2,1-2H3,(H,22,23). The van der Waals surface area contributed by atoms with Gasteiger partial charge in [0, 0.05) is 23.5 Å². The van der Waals surface area contributed by atoms with Gasteiger partial charge < -0.3 is 10.0 Å². The van der Waals surface area contributed by atoms with Crippen molar-refractivity contribution in [2.45, 2.75) is 26.7 Å². The van der Waals surface area contributed by atoms with Crippen LogP contribution in [0.3, 0.4) is 0 Å². The number of carbonyl (C=O) groups excluding carboxylic acids is 1. The van der Waals surface area contributed by atoms with E-state index in [4.69, 9.17) is 5.11 Å². The van der Waals surface area contributed by atoms with E-state index in [-0.39, 0.29) is 12.3 Å². The Bertz CT molecular complexity index is 767. The summed E-state index contributed by atoms with van der Waals surface area (Å²) < 4.78 is 0. The highest BCUT2D eigenvalue weighted by Crippen LogP contribution is 2.29. The van der Waals surface area contributed by atoms with Crippen LogP contribution < -0.4 is 0 Å². The summed E-state index contributed by atoms with van der Waals surface area (Å²) in [5.74, 6) is -1.27. The molecule has 1 fully saturated rings. The minimum Gasteiger partial charge on any atom is -0.481 e. The number of thiazole rings is 1. The first kappa shape index (κ1) is 16.6. The Balaban J connectivity index is 1.77. The molecule has 1 amide bonds. The molecule has 5 nitrogen and oxygen atoms in total. The number of carboxylic acid groups (broad SMARTS) is 1. The summed E-state index contributed by atoms with van der Waals surface area (Å²) in [5.41, 5.74) is 3.05. The molecule has 1 aliphatic heterocycles. The number of aryl methyl sites for hydroxylation is 2. The summed E-state index contributed by atoms with van der Waals surface area (Å²) >= 11 is 1.53. The third-order valence-electron chi connectivity index (χ3n) is 4.33. The number of hydrogen-bond acceptors (Lipinski definition) is 4. The molecule has 1 unspecified atom stereocenters. The first-order valence-electron chi connectivity index (χ1n) is 7.98. The molecular weight excluding hydrogens is 324 g/mol. The lowest BCUT2D eigenvalue weighted by Crippen LogP contribution is -2.31. The predicted octanol–water partition coefficient (Wildman–Crippen LogP) is 2.90. The van der Waals surface area contributed by atoms with Crippen LogP contribution in [-0.2, 0) is 16.0 Å². The Labute approximate surface area is 145 Å². The Morgan fingerprint density at radius 3 is 2.62 bits per heavy atom. The third-order valence-corrected chi connectivity index (χ3v) is 5.30. The van der Waals surface area contributed by atoms with Crippen LogP contribution in [-0.4, -0.2) is 40.0 Å². The molecule has 0 radical (unpaired) electrons. The lowest BCUT2D eigenvalue weighted by Gasteiger charge is -2.15. The zero-order valence-electron chi connectivity index (χ0n) is 13.8. The van der Waals surface area contributed by atoms with Gasteiger partial charge in [-0.2, -0.15) is 0 Å². The highest BCUT2D eigenvalue weighted by molar-refractivity contribution is 7.12. The van der Waals surface area contributed by atoms with Gasteiger partial charge in [-0.3, -0.25) is 9.59 Å².